The van der Waals surface area contributed by atoms with Crippen LogP contribution in [0.3, 0.4) is 0 Å². The second kappa shape index (κ2) is 5.38. The smallest absolute Gasteiger partial charge is 0.267 e. The molecule has 0 bridgehead atoms. The molecule has 3 aromatic rings. The molecule has 7 heteroatoms. The van der Waals surface area contributed by atoms with Crippen LogP contribution >= 0.6 is 22.9 Å². The van der Waals surface area contributed by atoms with E-state index in [2.05, 4.69) is 10.1 Å². The highest BCUT2D eigenvalue weighted by molar-refractivity contribution is 7.16. The fourth-order valence-electron chi connectivity index (χ4n) is 1.89. The second-order valence-corrected chi connectivity index (χ2v) is 5.60. The molecule has 1 aromatic carbocycles. The molecule has 0 spiro atoms. The van der Waals surface area contributed by atoms with Gasteiger partial charge in [0.25, 0.3) is 5.56 Å². The maximum absolute atomic E-state index is 13.7. The summed E-state index contributed by atoms with van der Waals surface area (Å²) < 4.78 is 14.8. The normalized spacial score (nSPS) is 11.6. The van der Waals surface area contributed by atoms with Gasteiger partial charge in [-0.1, -0.05) is 17.7 Å². The lowest BCUT2D eigenvalue weighted by Crippen LogP contribution is -2.19. The summed E-state index contributed by atoms with van der Waals surface area (Å²) >= 11 is 7.31. The van der Waals surface area contributed by atoms with Crippen molar-refractivity contribution in [1.82, 2.24) is 9.66 Å². The fraction of sp³-hybridized carbons (Fsp3) is 0.0714. The van der Waals surface area contributed by atoms with E-state index in [0.29, 0.717) is 16.0 Å². The Morgan fingerprint density at radius 1 is 1.43 bits per heavy atom. The zero-order valence-electron chi connectivity index (χ0n) is 10.9. The van der Waals surface area contributed by atoms with Crippen molar-refractivity contribution in [2.24, 2.45) is 5.10 Å². The first-order chi connectivity index (χ1) is 10.1. The number of benzene rings is 1. The van der Waals surface area contributed by atoms with Crippen LogP contribution in [0.2, 0.25) is 5.02 Å². The van der Waals surface area contributed by atoms with Crippen molar-refractivity contribution < 1.29 is 4.39 Å². The van der Waals surface area contributed by atoms with E-state index >= 15 is 0 Å². The van der Waals surface area contributed by atoms with E-state index < -0.39 is 5.82 Å². The Hall–Kier alpha value is -2.05. The third-order valence-corrected chi connectivity index (χ3v) is 4.08. The largest absolute Gasteiger partial charge is 0.282 e. The van der Waals surface area contributed by atoms with Gasteiger partial charge in [0.1, 0.15) is 16.5 Å². The Balaban J connectivity index is 2.14. The van der Waals surface area contributed by atoms with Crippen molar-refractivity contribution in [2.45, 2.75) is 6.92 Å². The summed E-state index contributed by atoms with van der Waals surface area (Å²) in [6.45, 7) is 1.67. The van der Waals surface area contributed by atoms with Crippen LogP contribution in [0.1, 0.15) is 11.4 Å². The van der Waals surface area contributed by atoms with Crippen molar-refractivity contribution in [3.05, 3.63) is 62.2 Å². The maximum Gasteiger partial charge on any atom is 0.282 e. The van der Waals surface area contributed by atoms with Gasteiger partial charge in [0.15, 0.2) is 0 Å². The molecule has 0 fully saturated rings. The third-order valence-electron chi connectivity index (χ3n) is 2.94. The molecule has 0 amide bonds. The Bertz CT molecular complexity index is 896. The van der Waals surface area contributed by atoms with Gasteiger partial charge in [-0.2, -0.15) is 9.78 Å². The van der Waals surface area contributed by atoms with Crippen molar-refractivity contribution >= 4 is 39.4 Å². The molecule has 106 valence electrons. The number of thiophene rings is 1. The topological polar surface area (TPSA) is 47.2 Å². The van der Waals surface area contributed by atoms with Crippen molar-refractivity contribution in [3.63, 3.8) is 0 Å². The average Bonchev–Trinajstić information content (AvgIpc) is 2.89. The van der Waals surface area contributed by atoms with Gasteiger partial charge in [0.2, 0.25) is 0 Å². The molecular weight excluding hydrogens is 313 g/mol. The first-order valence-electron chi connectivity index (χ1n) is 6.03. The predicted molar refractivity (Wildman–Crippen MR) is 83.0 cm³/mol. The average molecular weight is 322 g/mol. The van der Waals surface area contributed by atoms with Crippen LogP contribution in [0.4, 0.5) is 4.39 Å². The molecule has 0 unspecified atom stereocenters. The highest BCUT2D eigenvalue weighted by atomic mass is 35.5. The van der Waals surface area contributed by atoms with Gasteiger partial charge < -0.3 is 0 Å². The van der Waals surface area contributed by atoms with E-state index in [1.807, 2.05) is 0 Å². The van der Waals surface area contributed by atoms with Crippen molar-refractivity contribution in [1.29, 1.82) is 0 Å². The molecule has 0 atom stereocenters. The minimum atomic E-state index is -0.499. The lowest BCUT2D eigenvalue weighted by molar-refractivity contribution is 0.625. The van der Waals surface area contributed by atoms with Crippen LogP contribution in [-0.2, 0) is 0 Å². The van der Waals surface area contributed by atoms with Crippen LogP contribution in [0.15, 0.2) is 39.5 Å². The number of hydrogen-bond donors (Lipinski definition) is 0. The van der Waals surface area contributed by atoms with Crippen LogP contribution in [0.5, 0.6) is 0 Å². The zero-order chi connectivity index (χ0) is 15.0. The van der Waals surface area contributed by atoms with Crippen molar-refractivity contribution in [2.75, 3.05) is 0 Å². The van der Waals surface area contributed by atoms with Gasteiger partial charge in [-0.25, -0.2) is 9.37 Å². The molecule has 2 heterocycles. The third kappa shape index (κ3) is 2.48. The van der Waals surface area contributed by atoms with Gasteiger partial charge in [-0.3, -0.25) is 4.79 Å². The molecule has 0 saturated carbocycles. The molecular formula is C14H9ClFN3OS. The first-order valence-corrected chi connectivity index (χ1v) is 7.29. The minimum Gasteiger partial charge on any atom is -0.267 e. The summed E-state index contributed by atoms with van der Waals surface area (Å²) in [5, 5.41) is 6.53. The molecule has 3 rings (SSSR count). The number of aryl methyl sites for hydroxylation is 1. The van der Waals surface area contributed by atoms with Gasteiger partial charge >= 0.3 is 0 Å². The lowest BCUT2D eigenvalue weighted by Gasteiger charge is -2.03. The summed E-state index contributed by atoms with van der Waals surface area (Å²) in [6.07, 6.45) is 1.23. The van der Waals surface area contributed by atoms with E-state index in [1.54, 1.807) is 24.4 Å². The molecule has 0 aliphatic carbocycles. The molecule has 4 nitrogen and oxygen atoms in total. The lowest BCUT2D eigenvalue weighted by atomic mass is 10.2. The Morgan fingerprint density at radius 2 is 2.24 bits per heavy atom. The summed E-state index contributed by atoms with van der Waals surface area (Å²) in [7, 11) is 0. The number of aromatic nitrogens is 2. The number of halogens is 2. The highest BCUT2D eigenvalue weighted by Gasteiger charge is 2.09. The van der Waals surface area contributed by atoms with Gasteiger partial charge in [0, 0.05) is 5.56 Å². The standard InChI is InChI=1S/C14H9ClFN3OS/c1-8-18-13-9(5-6-21-13)14(20)19(8)17-7-10-11(15)3-2-4-12(10)16/h2-7H,1H3/b17-7-. The van der Waals surface area contributed by atoms with E-state index in [4.69, 9.17) is 11.6 Å². The summed E-state index contributed by atoms with van der Waals surface area (Å²) in [5.74, 6) is -0.0693. The SMILES string of the molecule is Cc1nc2sccc2c(=O)n1/N=C\c1c(F)cccc1Cl. The monoisotopic (exact) mass is 321 g/mol. The summed E-state index contributed by atoms with van der Waals surface area (Å²) in [6, 6.07) is 6.04. The van der Waals surface area contributed by atoms with Gasteiger partial charge in [0.05, 0.1) is 16.6 Å². The summed E-state index contributed by atoms with van der Waals surface area (Å²) in [4.78, 5) is 17.2. The Morgan fingerprint density at radius 3 is 3.00 bits per heavy atom. The fourth-order valence-corrected chi connectivity index (χ4v) is 2.90. The quantitative estimate of drug-likeness (QED) is 0.679. The van der Waals surface area contributed by atoms with Crippen LogP contribution in [-0.4, -0.2) is 15.9 Å². The zero-order valence-corrected chi connectivity index (χ0v) is 12.5. The number of hydrogen-bond acceptors (Lipinski definition) is 4. The Labute approximate surface area is 128 Å². The molecule has 21 heavy (non-hydrogen) atoms. The van der Waals surface area contributed by atoms with E-state index in [0.717, 1.165) is 4.68 Å². The predicted octanol–water partition coefficient (Wildman–Crippen LogP) is 3.44. The molecule has 2 aromatic heterocycles. The number of fused-ring (bicyclic) bond motifs is 1. The van der Waals surface area contributed by atoms with Crippen molar-refractivity contribution in [3.8, 4) is 0 Å². The number of nitrogens with zero attached hydrogens (tertiary/aromatic N) is 3. The van der Waals surface area contributed by atoms with Gasteiger partial charge in [-0.05, 0) is 30.5 Å². The first kappa shape index (κ1) is 13.9. The van der Waals surface area contributed by atoms with Crippen LogP contribution in [0.25, 0.3) is 10.2 Å². The molecule has 0 radical (unpaired) electrons. The summed E-state index contributed by atoms with van der Waals surface area (Å²) in [5.41, 5.74) is -0.154. The molecule has 0 N–H and O–H groups in total. The van der Waals surface area contributed by atoms with Gasteiger partial charge in [-0.15, -0.1) is 11.3 Å². The van der Waals surface area contributed by atoms with Crippen LogP contribution in [0, 0.1) is 12.7 Å². The molecule has 0 aliphatic heterocycles. The van der Waals surface area contributed by atoms with E-state index in [1.165, 1.54) is 29.7 Å². The highest BCUT2D eigenvalue weighted by Crippen LogP contribution is 2.17. The number of rotatable bonds is 2. The van der Waals surface area contributed by atoms with E-state index in [-0.39, 0.29) is 16.1 Å². The van der Waals surface area contributed by atoms with Crippen LogP contribution < -0.4 is 5.56 Å². The molecule has 0 aliphatic rings. The Kier molecular flexibility index (Phi) is 3.57. The van der Waals surface area contributed by atoms with E-state index in [9.17, 15) is 9.18 Å². The maximum atomic E-state index is 13.7. The molecule has 0 saturated heterocycles. The minimum absolute atomic E-state index is 0.135. The second-order valence-electron chi connectivity index (χ2n) is 4.30.